The van der Waals surface area contributed by atoms with Crippen LogP contribution in [-0.2, 0) is 9.53 Å². The van der Waals surface area contributed by atoms with Crippen LogP contribution in [0.1, 0.15) is 44.6 Å². The normalized spacial score (nSPS) is 22.1. The summed E-state index contributed by atoms with van der Waals surface area (Å²) in [5, 5.41) is 0. The van der Waals surface area contributed by atoms with Crippen molar-refractivity contribution in [2.75, 3.05) is 27.9 Å². The number of hydrogen-bond acceptors (Lipinski definition) is 6. The van der Waals surface area contributed by atoms with Crippen molar-refractivity contribution < 1.29 is 28.5 Å². The summed E-state index contributed by atoms with van der Waals surface area (Å²) in [5.74, 6) is 0.694. The molecule has 7 heteroatoms. The summed E-state index contributed by atoms with van der Waals surface area (Å²) >= 11 is 0. The molecule has 1 aliphatic carbocycles. The van der Waals surface area contributed by atoms with Gasteiger partial charge in [-0.3, -0.25) is 4.79 Å². The molecule has 1 fully saturated rings. The molecule has 0 N–H and O–H groups in total. The highest BCUT2D eigenvalue weighted by Crippen LogP contribution is 2.44. The summed E-state index contributed by atoms with van der Waals surface area (Å²) in [6, 6.07) is 3.33. The Morgan fingerprint density at radius 1 is 1.13 bits per heavy atom. The molecule has 2 amide bonds. The van der Waals surface area contributed by atoms with Gasteiger partial charge in [0.05, 0.1) is 33.3 Å². The fraction of sp³-hybridized carbons (Fsp3) is 0.565. The van der Waals surface area contributed by atoms with Gasteiger partial charge in [-0.15, -0.1) is 0 Å². The van der Waals surface area contributed by atoms with E-state index in [1.807, 2.05) is 13.8 Å². The van der Waals surface area contributed by atoms with E-state index in [2.05, 4.69) is 12.2 Å². The quantitative estimate of drug-likeness (QED) is 0.621. The van der Waals surface area contributed by atoms with Gasteiger partial charge in [0.25, 0.3) is 0 Å². The minimum Gasteiger partial charge on any atom is -0.493 e. The van der Waals surface area contributed by atoms with E-state index in [-0.39, 0.29) is 30.4 Å². The van der Waals surface area contributed by atoms with E-state index < -0.39 is 12.0 Å². The number of imide groups is 1. The lowest BCUT2D eigenvalue weighted by Gasteiger charge is -2.32. The zero-order valence-corrected chi connectivity index (χ0v) is 18.3. The summed E-state index contributed by atoms with van der Waals surface area (Å²) in [4.78, 5) is 27.6. The monoisotopic (exact) mass is 417 g/mol. The van der Waals surface area contributed by atoms with Crippen molar-refractivity contribution in [2.45, 2.75) is 45.1 Å². The van der Waals surface area contributed by atoms with Crippen molar-refractivity contribution in [2.24, 2.45) is 11.8 Å². The third kappa shape index (κ3) is 4.11. The number of rotatable bonds is 7. The Labute approximate surface area is 177 Å². The smallest absolute Gasteiger partial charge is 0.417 e. The van der Waals surface area contributed by atoms with Crippen molar-refractivity contribution in [1.82, 2.24) is 4.90 Å². The lowest BCUT2D eigenvalue weighted by atomic mass is 9.79. The number of hydrogen-bond donors (Lipinski definition) is 0. The molecular weight excluding hydrogens is 386 g/mol. The first-order valence-corrected chi connectivity index (χ1v) is 10.4. The predicted octanol–water partition coefficient (Wildman–Crippen LogP) is 4.16. The minimum atomic E-state index is -0.573. The van der Waals surface area contributed by atoms with Gasteiger partial charge in [-0.05, 0) is 48.8 Å². The van der Waals surface area contributed by atoms with Crippen LogP contribution in [0, 0.1) is 11.8 Å². The van der Waals surface area contributed by atoms with Crippen molar-refractivity contribution in [1.29, 1.82) is 0 Å². The van der Waals surface area contributed by atoms with Gasteiger partial charge in [0.2, 0.25) is 11.7 Å². The molecule has 0 bridgehead atoms. The number of allylic oxidation sites excluding steroid dienone is 2. The summed E-state index contributed by atoms with van der Waals surface area (Å²) in [5.41, 5.74) is 0.730. The van der Waals surface area contributed by atoms with Gasteiger partial charge in [0.15, 0.2) is 11.5 Å². The van der Waals surface area contributed by atoms with Crippen molar-refractivity contribution in [3.05, 3.63) is 29.8 Å². The Hall–Kier alpha value is -2.70. The van der Waals surface area contributed by atoms with Gasteiger partial charge in [-0.1, -0.05) is 26.0 Å². The molecule has 0 radical (unpaired) electrons. The van der Waals surface area contributed by atoms with Crippen LogP contribution in [0.15, 0.2) is 24.3 Å². The minimum absolute atomic E-state index is 0.0322. The van der Waals surface area contributed by atoms with E-state index >= 15 is 0 Å². The topological polar surface area (TPSA) is 74.3 Å². The maximum atomic E-state index is 13.8. The number of carbonyl (C=O) groups is 2. The van der Waals surface area contributed by atoms with Gasteiger partial charge in [0.1, 0.15) is 6.61 Å². The van der Waals surface area contributed by atoms with Crippen molar-refractivity contribution in [3.63, 3.8) is 0 Å². The molecule has 30 heavy (non-hydrogen) atoms. The van der Waals surface area contributed by atoms with Crippen LogP contribution >= 0.6 is 0 Å². The molecule has 164 valence electrons. The van der Waals surface area contributed by atoms with E-state index in [9.17, 15) is 9.59 Å². The Bertz CT molecular complexity index is 793. The first-order valence-electron chi connectivity index (χ1n) is 10.4. The maximum absolute atomic E-state index is 13.8. The van der Waals surface area contributed by atoms with Crippen LogP contribution in [-0.4, -0.2) is 50.9 Å². The number of nitrogens with zero attached hydrogens (tertiary/aromatic N) is 1. The third-order valence-corrected chi connectivity index (χ3v) is 5.94. The van der Waals surface area contributed by atoms with E-state index in [4.69, 9.17) is 18.9 Å². The molecule has 1 heterocycles. The Balaban J connectivity index is 2.10. The molecule has 1 aromatic rings. The van der Waals surface area contributed by atoms with Gasteiger partial charge >= 0.3 is 6.09 Å². The second kappa shape index (κ2) is 9.41. The standard InChI is InChI=1S/C23H31NO6/c1-14(2)17-13-30-23(26)24(17)22(25)20(15-9-7-6-8-10-15)16-11-18(27-3)21(29-5)19(12-16)28-4/h7,9,11-12,14-15,17,20H,6,8,10,13H2,1-5H3/t15-,17-,20+/m1/s1. The summed E-state index contributed by atoms with van der Waals surface area (Å²) in [7, 11) is 4.64. The largest absolute Gasteiger partial charge is 0.493 e. The van der Waals surface area contributed by atoms with Crippen LogP contribution in [0.3, 0.4) is 0 Å². The Morgan fingerprint density at radius 3 is 2.30 bits per heavy atom. The molecule has 7 nitrogen and oxygen atoms in total. The number of ether oxygens (including phenoxy) is 4. The highest BCUT2D eigenvalue weighted by Gasteiger charge is 2.44. The molecule has 1 aliphatic heterocycles. The van der Waals surface area contributed by atoms with Crippen LogP contribution in [0.5, 0.6) is 17.2 Å². The van der Waals surface area contributed by atoms with Crippen LogP contribution in [0.25, 0.3) is 0 Å². The highest BCUT2D eigenvalue weighted by molar-refractivity contribution is 5.97. The van der Waals surface area contributed by atoms with Crippen molar-refractivity contribution in [3.8, 4) is 17.2 Å². The van der Waals surface area contributed by atoms with E-state index in [1.54, 1.807) is 33.5 Å². The molecule has 3 rings (SSSR count). The Morgan fingerprint density at radius 2 is 1.80 bits per heavy atom. The van der Waals surface area contributed by atoms with Crippen LogP contribution < -0.4 is 14.2 Å². The fourth-order valence-corrected chi connectivity index (χ4v) is 4.30. The van der Waals surface area contributed by atoms with E-state index in [0.717, 1.165) is 24.8 Å². The zero-order valence-electron chi connectivity index (χ0n) is 18.3. The average molecular weight is 418 g/mol. The second-order valence-corrected chi connectivity index (χ2v) is 8.06. The number of carbonyl (C=O) groups excluding carboxylic acids is 2. The molecule has 2 aliphatic rings. The van der Waals surface area contributed by atoms with Crippen molar-refractivity contribution >= 4 is 12.0 Å². The molecule has 0 aromatic heterocycles. The first-order chi connectivity index (χ1) is 14.4. The summed E-state index contributed by atoms with van der Waals surface area (Å²) in [6.07, 6.45) is 6.46. The fourth-order valence-electron chi connectivity index (χ4n) is 4.30. The number of cyclic esters (lactones) is 1. The van der Waals surface area contributed by atoms with Gasteiger partial charge < -0.3 is 18.9 Å². The lowest BCUT2D eigenvalue weighted by Crippen LogP contribution is -2.45. The molecule has 3 atom stereocenters. The lowest BCUT2D eigenvalue weighted by molar-refractivity contribution is -0.132. The number of benzene rings is 1. The summed E-state index contributed by atoms with van der Waals surface area (Å²) < 4.78 is 21.7. The van der Waals surface area contributed by atoms with E-state index in [0.29, 0.717) is 17.2 Å². The molecule has 1 saturated heterocycles. The molecule has 0 saturated carbocycles. The van der Waals surface area contributed by atoms with Gasteiger partial charge in [-0.25, -0.2) is 9.69 Å². The zero-order chi connectivity index (χ0) is 21.8. The average Bonchev–Trinajstić information content (AvgIpc) is 3.15. The van der Waals surface area contributed by atoms with Crippen LogP contribution in [0.4, 0.5) is 4.79 Å². The number of methoxy groups -OCH3 is 3. The maximum Gasteiger partial charge on any atom is 0.417 e. The molecule has 0 spiro atoms. The number of amides is 2. The molecule has 0 unspecified atom stereocenters. The molecular formula is C23H31NO6. The predicted molar refractivity (Wildman–Crippen MR) is 112 cm³/mol. The SMILES string of the molecule is COc1cc([C@@H](C(=O)N2C(=O)OC[C@@H]2C(C)C)[C@@H]2C=CCCC2)cc(OC)c1OC. The third-order valence-electron chi connectivity index (χ3n) is 5.94. The van der Waals surface area contributed by atoms with Gasteiger partial charge in [-0.2, -0.15) is 0 Å². The Kier molecular flexibility index (Phi) is 6.90. The molecule has 1 aromatic carbocycles. The van der Waals surface area contributed by atoms with Gasteiger partial charge in [0, 0.05) is 0 Å². The van der Waals surface area contributed by atoms with Crippen LogP contribution in [0.2, 0.25) is 0 Å². The summed E-state index contributed by atoms with van der Waals surface area (Å²) in [6.45, 7) is 4.20. The second-order valence-electron chi connectivity index (χ2n) is 8.06. The highest BCUT2D eigenvalue weighted by atomic mass is 16.6. The first kappa shape index (κ1) is 22.0. The van der Waals surface area contributed by atoms with E-state index in [1.165, 1.54) is 4.90 Å².